The third-order valence-electron chi connectivity index (χ3n) is 13.2. The molecule has 100 heavy (non-hydrogen) atoms. The Labute approximate surface area is 681 Å². The molecule has 0 amide bonds. The van der Waals surface area contributed by atoms with Crippen molar-refractivity contribution in [2.75, 3.05) is 13.2 Å². The van der Waals surface area contributed by atoms with Gasteiger partial charge in [-0.2, -0.15) is 21.6 Å². The fourth-order valence-electron chi connectivity index (χ4n) is 8.99. The van der Waals surface area contributed by atoms with Crippen LogP contribution >= 0.6 is 203 Å². The van der Waals surface area contributed by atoms with Crippen LogP contribution in [0.5, 0.6) is 17.2 Å². The number of esters is 6. The summed E-state index contributed by atoms with van der Waals surface area (Å²) in [5, 5.41) is -1.80. The number of fused-ring (bicyclic) bond motifs is 1. The Hall–Kier alpha value is -2.25. The smallest absolute Gasteiger partial charge is 0.339 e. The van der Waals surface area contributed by atoms with Crippen molar-refractivity contribution in [3.63, 3.8) is 0 Å². The topological polar surface area (TPSA) is 382 Å². The quantitative estimate of drug-likeness (QED) is 0.00836. The van der Waals surface area contributed by atoms with E-state index in [0.717, 1.165) is 21.4 Å². The van der Waals surface area contributed by atoms with Gasteiger partial charge in [0.2, 0.25) is 23.2 Å². The molecule has 9 rings (SSSR count). The molecule has 3 heterocycles. The second kappa shape index (κ2) is 34.8. The molecule has 3 saturated heterocycles. The highest BCUT2D eigenvalue weighted by molar-refractivity contribution is 14.1. The van der Waals surface area contributed by atoms with Crippen molar-refractivity contribution >= 4 is 280 Å². The SMILES string of the molecule is O=C(CCCOC(=O)c1cc(I)cc(I)c1I)Oc1cc(F)c(S(=O)(=O)[O-])c(F)c1.O=C(CCCOC(=O)c1cc(I)cc(I)c1I)Oc1ccc(S(=O)(=O)[O-])c(F)c1F.O=C(OC1C2OS(=O)(=O)C3C2OC1C3C(=O)Oc1c(F)c(F)c(S(=O)(=O)[O-])c(F)c1F)c1cc(I)cc(I)c1I. The van der Waals surface area contributed by atoms with E-state index in [1.54, 1.807) is 18.2 Å². The summed E-state index contributed by atoms with van der Waals surface area (Å²) in [6.45, 7) is -0.210. The molecule has 6 aromatic rings. The molecule has 46 heteroatoms. The largest absolute Gasteiger partial charge is 0.744 e. The first-order chi connectivity index (χ1) is 46.3. The second-order valence-electron chi connectivity index (χ2n) is 19.8. The van der Waals surface area contributed by atoms with E-state index in [9.17, 15) is 111 Å². The summed E-state index contributed by atoms with van der Waals surface area (Å²) in [6.07, 6.45) is -6.26. The molecule has 0 aliphatic carbocycles. The molecule has 0 N–H and O–H groups in total. The van der Waals surface area contributed by atoms with E-state index < -0.39 is 190 Å². The van der Waals surface area contributed by atoms with E-state index >= 15 is 0 Å². The molecule has 3 aliphatic rings. The van der Waals surface area contributed by atoms with Crippen LogP contribution in [0, 0.1) is 84.6 Å². The van der Waals surface area contributed by atoms with Crippen LogP contribution in [-0.4, -0.2) is 126 Å². The lowest BCUT2D eigenvalue weighted by Crippen LogP contribution is -2.50. The van der Waals surface area contributed by atoms with Gasteiger partial charge < -0.3 is 46.8 Å². The van der Waals surface area contributed by atoms with Crippen LogP contribution in [0.4, 0.5) is 35.1 Å². The highest BCUT2D eigenvalue weighted by Gasteiger charge is 2.74. The fourth-order valence-corrected chi connectivity index (χ4v) is 19.7. The predicted molar refractivity (Wildman–Crippen MR) is 392 cm³/mol. The molecule has 0 aromatic heterocycles. The average Bonchev–Trinajstić information content (AvgIpc) is 1.53. The molecule has 3 fully saturated rings. The third kappa shape index (κ3) is 20.3. The van der Waals surface area contributed by atoms with Crippen LogP contribution in [0.15, 0.2) is 75.4 Å². The molecule has 3 aliphatic heterocycles. The minimum absolute atomic E-state index is 0.0549. The number of ether oxygens (including phenoxy) is 7. The monoisotopic (exact) mass is 2500 g/mol. The van der Waals surface area contributed by atoms with E-state index in [1.165, 1.54) is 6.07 Å². The fraction of sp³-hybridized carbons (Fsp3) is 0.222. The number of benzene rings is 6. The summed E-state index contributed by atoms with van der Waals surface area (Å²) in [7, 11) is -21.2. The van der Waals surface area contributed by atoms with Crippen LogP contribution in [0.1, 0.15) is 56.8 Å². The summed E-state index contributed by atoms with van der Waals surface area (Å²) in [5.74, 6) is -28.6. The molecule has 6 unspecified atom stereocenters. The maximum absolute atomic E-state index is 14.4. The number of halogens is 17. The van der Waals surface area contributed by atoms with Crippen LogP contribution in [0.25, 0.3) is 0 Å². The van der Waals surface area contributed by atoms with Crippen molar-refractivity contribution in [2.24, 2.45) is 5.92 Å². The van der Waals surface area contributed by atoms with E-state index in [4.69, 9.17) is 27.9 Å². The van der Waals surface area contributed by atoms with Gasteiger partial charge in [-0.05, 0) is 265 Å². The first-order valence-corrected chi connectivity index (χ1v) is 41.6. The summed E-state index contributed by atoms with van der Waals surface area (Å²) in [6, 6.07) is 12.4. The number of carbonyl (C=O) groups is 6. The number of hydrogen-bond donors (Lipinski definition) is 0. The van der Waals surface area contributed by atoms with Gasteiger partial charge in [0.25, 0.3) is 10.1 Å². The molecule has 2 bridgehead atoms. The van der Waals surface area contributed by atoms with Crippen molar-refractivity contribution in [1.29, 1.82) is 0 Å². The van der Waals surface area contributed by atoms with Gasteiger partial charge in [0.05, 0.1) is 34.8 Å². The van der Waals surface area contributed by atoms with Crippen molar-refractivity contribution in [3.8, 4) is 17.2 Å². The first-order valence-electron chi connectivity index (χ1n) is 26.2. The summed E-state index contributed by atoms with van der Waals surface area (Å²) < 4.78 is 282. The number of hydrogen-bond acceptors (Lipinski definition) is 25. The zero-order valence-electron chi connectivity index (χ0n) is 47.7. The molecule has 0 saturated carbocycles. The van der Waals surface area contributed by atoms with Crippen molar-refractivity contribution < 1.29 is 149 Å². The third-order valence-corrected chi connectivity index (χ3v) is 28.5. The Morgan fingerprint density at radius 2 is 0.920 bits per heavy atom. The van der Waals surface area contributed by atoms with Crippen LogP contribution in [-0.2, 0) is 78.0 Å². The van der Waals surface area contributed by atoms with Gasteiger partial charge in [-0.3, -0.25) is 18.6 Å². The number of rotatable bonds is 19. The Morgan fingerprint density at radius 3 is 1.35 bits per heavy atom. The Bertz CT molecular complexity index is 4820. The summed E-state index contributed by atoms with van der Waals surface area (Å²) >= 11 is 18.2. The van der Waals surface area contributed by atoms with E-state index in [2.05, 4.69) is 99.8 Å². The Kier molecular flexibility index (Phi) is 29.5. The highest BCUT2D eigenvalue weighted by Crippen LogP contribution is 2.52. The average molecular weight is 2500 g/mol. The molecular formula is C54H28F8I9O25S4-3. The van der Waals surface area contributed by atoms with E-state index in [-0.39, 0.29) is 44.5 Å². The minimum atomic E-state index is -6.04. The zero-order valence-corrected chi connectivity index (χ0v) is 70.4. The maximum atomic E-state index is 14.4. The van der Waals surface area contributed by atoms with Crippen molar-refractivity contribution in [3.05, 3.63) is 156 Å². The van der Waals surface area contributed by atoms with Crippen LogP contribution in [0.2, 0.25) is 0 Å². The van der Waals surface area contributed by atoms with Gasteiger partial charge in [0, 0.05) is 57.1 Å². The van der Waals surface area contributed by atoms with Gasteiger partial charge in [-0.1, -0.05) is 0 Å². The van der Waals surface area contributed by atoms with E-state index in [1.807, 2.05) is 125 Å². The second-order valence-corrected chi connectivity index (χ2v) is 35.9. The molecule has 6 aromatic carbocycles. The zero-order chi connectivity index (χ0) is 74.9. The summed E-state index contributed by atoms with van der Waals surface area (Å²) in [5.41, 5.74) is 0.883. The van der Waals surface area contributed by atoms with Crippen LogP contribution < -0.4 is 14.2 Å². The standard InChI is InChI=1S/C20H9F4I3O11S2.2C17H11F2I3O7S/c21-7-9(23)18(39(30,31)32)10(24)8(22)13(7)36-20(29)6-12-14(15-16(35-12)17(6)40(33,34)38-15)37-19(28)4-1-3(25)2-5(26)11(4)27;18-14-11(3-4-12(15(14)19)30(25,26)27)29-13(23)2-1-5-28-17(24)9-6-8(20)7-10(21)16(9)22;18-11-6-9(7-12(19)16(11)30(25,26)27)29-14(23)2-1-3-28-17(24)10-4-8(20)5-13(21)15(10)22/h1-2,6,12,14-17H,(H,30,31,32);3-4,6-7H,1-2,5H2,(H,25,26,27);4-7H,1-3H2,(H,25,26,27)/p-3. The lowest BCUT2D eigenvalue weighted by molar-refractivity contribution is -0.143. The van der Waals surface area contributed by atoms with Gasteiger partial charge in [0.15, 0.2) is 29.3 Å². The number of carbonyl (C=O) groups excluding carboxylic acids is 6. The molecule has 25 nitrogen and oxygen atoms in total. The first kappa shape index (κ1) is 85.0. The van der Waals surface area contributed by atoms with Gasteiger partial charge >= 0.3 is 35.8 Å². The van der Waals surface area contributed by atoms with Gasteiger partial charge in [-0.15, -0.1) is 0 Å². The lowest BCUT2D eigenvalue weighted by Gasteiger charge is -2.27. The van der Waals surface area contributed by atoms with Crippen molar-refractivity contribution in [1.82, 2.24) is 0 Å². The summed E-state index contributed by atoms with van der Waals surface area (Å²) in [4.78, 5) is 68.5. The molecule has 540 valence electrons. The van der Waals surface area contributed by atoms with Crippen molar-refractivity contribution in [2.45, 2.75) is 70.0 Å². The maximum Gasteiger partial charge on any atom is 0.339 e. The van der Waals surface area contributed by atoms with Gasteiger partial charge in [0.1, 0.15) is 87.0 Å². The molecule has 0 spiro atoms. The van der Waals surface area contributed by atoms with Crippen LogP contribution in [0.3, 0.4) is 0 Å². The van der Waals surface area contributed by atoms with E-state index in [0.29, 0.717) is 46.1 Å². The molecule has 6 atom stereocenters. The predicted octanol–water partition coefficient (Wildman–Crippen LogP) is 11.0. The molecular weight excluding hydrogens is 2470 g/mol. The normalized spacial score (nSPS) is 18.0. The lowest BCUT2D eigenvalue weighted by atomic mass is 9.84. The highest BCUT2D eigenvalue weighted by atomic mass is 127. The van der Waals surface area contributed by atoms with Gasteiger partial charge in [-0.25, -0.2) is 61.6 Å². The molecule has 0 radical (unpaired) electrons. The Morgan fingerprint density at radius 1 is 0.490 bits per heavy atom. The minimum Gasteiger partial charge on any atom is -0.744 e. The Balaban J connectivity index is 0.000000215.